The number of rotatable bonds is 3. The van der Waals surface area contributed by atoms with Crippen LogP contribution in [-0.2, 0) is 0 Å². The zero-order chi connectivity index (χ0) is 16.5. The molecule has 7 heteroatoms. The van der Waals surface area contributed by atoms with Crippen molar-refractivity contribution in [3.63, 3.8) is 0 Å². The number of thiazole rings is 1. The predicted octanol–water partition coefficient (Wildman–Crippen LogP) is 2.86. The van der Waals surface area contributed by atoms with Crippen molar-refractivity contribution in [2.45, 2.75) is 18.8 Å². The summed E-state index contributed by atoms with van der Waals surface area (Å²) < 4.78 is 4.93. The zero-order valence-corrected chi connectivity index (χ0v) is 13.9. The van der Waals surface area contributed by atoms with Crippen LogP contribution in [0.4, 0.5) is 0 Å². The lowest BCUT2D eigenvalue weighted by Crippen LogP contribution is -2.28. The fourth-order valence-corrected chi connectivity index (χ4v) is 4.03. The summed E-state index contributed by atoms with van der Waals surface area (Å²) in [6.45, 7) is 3.08. The van der Waals surface area contributed by atoms with Gasteiger partial charge in [-0.1, -0.05) is 35.5 Å². The Balaban J connectivity index is 1.66. The quantitative estimate of drug-likeness (QED) is 0.733. The lowest BCUT2D eigenvalue weighted by atomic mass is 9.88. The third-order valence-electron chi connectivity index (χ3n) is 4.48. The number of carbonyl (C=O) groups is 1. The fraction of sp³-hybridized carbons (Fsp3) is 0.294. The van der Waals surface area contributed by atoms with Gasteiger partial charge in [-0.05, 0) is 12.5 Å². The van der Waals surface area contributed by atoms with E-state index in [1.54, 1.807) is 5.51 Å². The number of hydrogen-bond donors (Lipinski definition) is 0. The van der Waals surface area contributed by atoms with Crippen LogP contribution in [0.5, 0.6) is 0 Å². The number of aryl methyl sites for hydroxylation is 1. The standard InChI is InChI=1S/C17H16N4O2S/c1-11-15(24-10-19-11)17(22)21-7-13(12-5-3-2-4-6-12)14(8-21)16-18-9-23-20-16/h2-6,9-10,13-14H,7-8H2,1H3/t13-,14-/m1/s1. The van der Waals surface area contributed by atoms with Crippen molar-refractivity contribution < 1.29 is 9.32 Å². The molecule has 2 atom stereocenters. The van der Waals surface area contributed by atoms with Crippen molar-refractivity contribution in [2.24, 2.45) is 0 Å². The number of benzene rings is 1. The number of aromatic nitrogens is 3. The number of likely N-dealkylation sites (tertiary alicyclic amines) is 1. The van der Waals surface area contributed by atoms with E-state index in [0.29, 0.717) is 23.8 Å². The van der Waals surface area contributed by atoms with E-state index < -0.39 is 0 Å². The van der Waals surface area contributed by atoms with E-state index in [4.69, 9.17) is 4.52 Å². The predicted molar refractivity (Wildman–Crippen MR) is 89.0 cm³/mol. The summed E-state index contributed by atoms with van der Waals surface area (Å²) in [6, 6.07) is 10.2. The summed E-state index contributed by atoms with van der Waals surface area (Å²) in [7, 11) is 0. The molecule has 1 aromatic carbocycles. The Labute approximate surface area is 143 Å². The second kappa shape index (κ2) is 6.16. The van der Waals surface area contributed by atoms with Gasteiger partial charge in [-0.15, -0.1) is 11.3 Å². The van der Waals surface area contributed by atoms with Gasteiger partial charge in [0.2, 0.25) is 6.39 Å². The molecule has 24 heavy (non-hydrogen) atoms. The molecule has 1 aliphatic rings. The molecule has 3 aromatic rings. The molecule has 1 saturated heterocycles. The first kappa shape index (κ1) is 15.0. The molecule has 122 valence electrons. The van der Waals surface area contributed by atoms with E-state index >= 15 is 0 Å². The Kier molecular flexibility index (Phi) is 3.86. The molecule has 1 fully saturated rings. The minimum Gasteiger partial charge on any atom is -0.343 e. The summed E-state index contributed by atoms with van der Waals surface area (Å²) in [5.74, 6) is 0.867. The Morgan fingerprint density at radius 3 is 2.67 bits per heavy atom. The van der Waals surface area contributed by atoms with E-state index in [2.05, 4.69) is 27.3 Å². The molecular weight excluding hydrogens is 324 g/mol. The third kappa shape index (κ3) is 2.60. The van der Waals surface area contributed by atoms with Crippen LogP contribution < -0.4 is 0 Å². The maximum atomic E-state index is 12.9. The minimum absolute atomic E-state index is 0.0296. The van der Waals surface area contributed by atoms with Crippen molar-refractivity contribution >= 4 is 17.2 Å². The van der Waals surface area contributed by atoms with Crippen LogP contribution in [0.15, 0.2) is 46.8 Å². The Hall–Kier alpha value is -2.54. The van der Waals surface area contributed by atoms with Crippen LogP contribution in [-0.4, -0.2) is 39.0 Å². The van der Waals surface area contributed by atoms with Gasteiger partial charge < -0.3 is 9.42 Å². The highest BCUT2D eigenvalue weighted by molar-refractivity contribution is 7.11. The SMILES string of the molecule is Cc1ncsc1C(=O)N1C[C@H](c2ccccc2)[C@H](c2ncon2)C1. The number of amides is 1. The Morgan fingerprint density at radius 1 is 1.21 bits per heavy atom. The van der Waals surface area contributed by atoms with Crippen molar-refractivity contribution in [1.82, 2.24) is 20.0 Å². The van der Waals surface area contributed by atoms with Gasteiger partial charge in [0.05, 0.1) is 11.2 Å². The minimum atomic E-state index is 0.0296. The summed E-state index contributed by atoms with van der Waals surface area (Å²) in [5, 5.41) is 4.01. The van der Waals surface area contributed by atoms with Crippen molar-refractivity contribution in [1.29, 1.82) is 0 Å². The van der Waals surface area contributed by atoms with Crippen LogP contribution in [0, 0.1) is 6.92 Å². The number of nitrogens with zero attached hydrogens (tertiary/aromatic N) is 4. The largest absolute Gasteiger partial charge is 0.343 e. The molecule has 0 aliphatic carbocycles. The second-order valence-electron chi connectivity index (χ2n) is 5.89. The van der Waals surface area contributed by atoms with Crippen molar-refractivity contribution in [2.75, 3.05) is 13.1 Å². The molecule has 0 saturated carbocycles. The molecule has 0 N–H and O–H groups in total. The van der Waals surface area contributed by atoms with E-state index in [0.717, 1.165) is 5.69 Å². The fourth-order valence-electron chi connectivity index (χ4n) is 3.26. The Morgan fingerprint density at radius 2 is 2.00 bits per heavy atom. The highest BCUT2D eigenvalue weighted by Gasteiger charge is 2.40. The van der Waals surface area contributed by atoms with E-state index in [1.165, 1.54) is 23.3 Å². The molecule has 2 aromatic heterocycles. The molecule has 0 bridgehead atoms. The third-order valence-corrected chi connectivity index (χ3v) is 5.40. The summed E-state index contributed by atoms with van der Waals surface area (Å²) >= 11 is 1.39. The highest BCUT2D eigenvalue weighted by Crippen LogP contribution is 2.39. The zero-order valence-electron chi connectivity index (χ0n) is 13.1. The summed E-state index contributed by atoms with van der Waals surface area (Å²) in [5.41, 5.74) is 3.68. The topological polar surface area (TPSA) is 72.1 Å². The van der Waals surface area contributed by atoms with Gasteiger partial charge in [0.1, 0.15) is 4.88 Å². The molecule has 1 amide bonds. The summed E-state index contributed by atoms with van der Waals surface area (Å²) in [6.07, 6.45) is 1.34. The van der Waals surface area contributed by atoms with Gasteiger partial charge in [0.15, 0.2) is 5.82 Å². The molecule has 1 aliphatic heterocycles. The lowest BCUT2D eigenvalue weighted by molar-refractivity contribution is 0.0792. The van der Waals surface area contributed by atoms with Crippen LogP contribution >= 0.6 is 11.3 Å². The first-order chi connectivity index (χ1) is 11.7. The van der Waals surface area contributed by atoms with Crippen molar-refractivity contribution in [3.8, 4) is 0 Å². The molecular formula is C17H16N4O2S. The van der Waals surface area contributed by atoms with Gasteiger partial charge >= 0.3 is 0 Å². The van der Waals surface area contributed by atoms with Crippen LogP contribution in [0.1, 0.15) is 38.6 Å². The second-order valence-corrected chi connectivity index (χ2v) is 6.74. The van der Waals surface area contributed by atoms with Gasteiger partial charge in [0, 0.05) is 24.9 Å². The van der Waals surface area contributed by atoms with Gasteiger partial charge in [0.25, 0.3) is 5.91 Å². The van der Waals surface area contributed by atoms with Crippen LogP contribution in [0.3, 0.4) is 0 Å². The van der Waals surface area contributed by atoms with Crippen LogP contribution in [0.25, 0.3) is 0 Å². The summed E-state index contributed by atoms with van der Waals surface area (Å²) in [4.78, 5) is 23.8. The van der Waals surface area contributed by atoms with E-state index in [-0.39, 0.29) is 17.7 Å². The average molecular weight is 340 g/mol. The molecule has 0 radical (unpaired) electrons. The average Bonchev–Trinajstić information content (AvgIpc) is 3.35. The molecule has 3 heterocycles. The number of hydrogen-bond acceptors (Lipinski definition) is 6. The van der Waals surface area contributed by atoms with Gasteiger partial charge in [-0.25, -0.2) is 4.98 Å². The van der Waals surface area contributed by atoms with E-state index in [9.17, 15) is 4.79 Å². The normalized spacial score (nSPS) is 20.5. The van der Waals surface area contributed by atoms with Crippen molar-refractivity contribution in [3.05, 3.63) is 64.2 Å². The molecule has 4 rings (SSSR count). The smallest absolute Gasteiger partial charge is 0.265 e. The Bertz CT molecular complexity index is 831. The monoisotopic (exact) mass is 340 g/mol. The maximum absolute atomic E-state index is 12.9. The first-order valence-corrected chi connectivity index (χ1v) is 8.62. The molecule has 6 nitrogen and oxygen atoms in total. The lowest BCUT2D eigenvalue weighted by Gasteiger charge is -2.16. The maximum Gasteiger partial charge on any atom is 0.265 e. The van der Waals surface area contributed by atoms with E-state index in [1.807, 2.05) is 30.0 Å². The van der Waals surface area contributed by atoms with Gasteiger partial charge in [-0.3, -0.25) is 4.79 Å². The first-order valence-electron chi connectivity index (χ1n) is 7.74. The van der Waals surface area contributed by atoms with Gasteiger partial charge in [-0.2, -0.15) is 4.98 Å². The van der Waals surface area contributed by atoms with Crippen LogP contribution in [0.2, 0.25) is 0 Å². The number of carbonyl (C=O) groups excluding carboxylic acids is 1. The molecule has 0 spiro atoms. The highest BCUT2D eigenvalue weighted by atomic mass is 32.1. The molecule has 0 unspecified atom stereocenters.